The predicted octanol–water partition coefficient (Wildman–Crippen LogP) is 5.90. The van der Waals surface area contributed by atoms with Gasteiger partial charge in [-0.25, -0.2) is 0 Å². The first kappa shape index (κ1) is 21.0. The first-order valence-corrected chi connectivity index (χ1v) is 11.3. The van der Waals surface area contributed by atoms with Crippen LogP contribution in [0.2, 0.25) is 0 Å². The second-order valence-corrected chi connectivity index (χ2v) is 8.94. The molecule has 1 N–H and O–H groups in total. The number of amides is 1. The number of nitrogens with zero attached hydrogens (tertiary/aromatic N) is 1. The summed E-state index contributed by atoms with van der Waals surface area (Å²) >= 11 is 1.42. The van der Waals surface area contributed by atoms with Crippen LogP contribution >= 0.6 is 11.3 Å². The highest BCUT2D eigenvalue weighted by Gasteiger charge is 2.46. The standard InChI is InChI=1S/C26H21NO5S/c1-14-9-10-15(2)17(12-14)27-22(20-8-5-11-33-20)21(24(29)26(27)30)23(28)19-13-16-6-4-7-18(31-3)25(16)32-19/h4-13,22,29H,1-3H3. The van der Waals surface area contributed by atoms with Crippen molar-refractivity contribution in [3.8, 4) is 5.75 Å². The summed E-state index contributed by atoms with van der Waals surface area (Å²) < 4.78 is 11.2. The Morgan fingerprint density at radius 3 is 2.67 bits per heavy atom. The molecule has 166 valence electrons. The Morgan fingerprint density at radius 1 is 1.12 bits per heavy atom. The van der Waals surface area contributed by atoms with Crippen molar-refractivity contribution in [3.63, 3.8) is 0 Å². The molecule has 1 aliphatic heterocycles. The number of hydrogen-bond acceptors (Lipinski definition) is 6. The van der Waals surface area contributed by atoms with Gasteiger partial charge >= 0.3 is 0 Å². The van der Waals surface area contributed by atoms with Gasteiger partial charge in [-0.05, 0) is 54.6 Å². The third-order valence-electron chi connectivity index (χ3n) is 5.84. The number of hydrogen-bond donors (Lipinski definition) is 1. The van der Waals surface area contributed by atoms with E-state index in [9.17, 15) is 14.7 Å². The van der Waals surface area contributed by atoms with Gasteiger partial charge in [0.1, 0.15) is 6.04 Å². The number of ether oxygens (including phenoxy) is 1. The SMILES string of the molecule is COc1cccc2cc(C(=O)C3=C(O)C(=O)N(c4cc(C)ccc4C)C3c3cccs3)oc12. The van der Waals surface area contributed by atoms with Crippen LogP contribution < -0.4 is 9.64 Å². The number of ketones is 1. The molecule has 1 atom stereocenters. The molecule has 4 aromatic rings. The summed E-state index contributed by atoms with van der Waals surface area (Å²) in [7, 11) is 1.53. The molecule has 0 radical (unpaired) electrons. The third-order valence-corrected chi connectivity index (χ3v) is 6.77. The Bertz CT molecular complexity index is 1430. The maximum absolute atomic E-state index is 13.7. The molecule has 2 aromatic heterocycles. The molecule has 1 aliphatic rings. The number of methoxy groups -OCH3 is 1. The van der Waals surface area contributed by atoms with E-state index in [-0.39, 0.29) is 11.3 Å². The van der Waals surface area contributed by atoms with Crippen LogP contribution in [0.1, 0.15) is 32.6 Å². The van der Waals surface area contributed by atoms with E-state index in [2.05, 4.69) is 0 Å². The molecule has 3 heterocycles. The molecule has 0 bridgehead atoms. The van der Waals surface area contributed by atoms with Gasteiger partial charge in [-0.2, -0.15) is 0 Å². The topological polar surface area (TPSA) is 80.0 Å². The van der Waals surface area contributed by atoms with E-state index >= 15 is 0 Å². The Balaban J connectivity index is 1.66. The van der Waals surface area contributed by atoms with Crippen LogP contribution in [0.4, 0.5) is 5.69 Å². The fourth-order valence-electron chi connectivity index (χ4n) is 4.22. The van der Waals surface area contributed by atoms with E-state index < -0.39 is 23.5 Å². The van der Waals surface area contributed by atoms with Gasteiger partial charge in [-0.3, -0.25) is 14.5 Å². The molecule has 6 nitrogen and oxygen atoms in total. The number of aliphatic hydroxyl groups excluding tert-OH is 1. The maximum Gasteiger partial charge on any atom is 0.294 e. The fourth-order valence-corrected chi connectivity index (χ4v) is 5.05. The first-order chi connectivity index (χ1) is 15.9. The molecule has 0 spiro atoms. The molecule has 1 amide bonds. The summed E-state index contributed by atoms with van der Waals surface area (Å²) in [5.74, 6) is -1.18. The molecule has 33 heavy (non-hydrogen) atoms. The number of fused-ring (bicyclic) bond motifs is 1. The average molecular weight is 460 g/mol. The van der Waals surface area contributed by atoms with Crippen LogP contribution in [-0.4, -0.2) is 23.9 Å². The van der Waals surface area contributed by atoms with Gasteiger partial charge in [-0.1, -0.05) is 30.3 Å². The largest absolute Gasteiger partial charge is 0.503 e. The van der Waals surface area contributed by atoms with Gasteiger partial charge < -0.3 is 14.3 Å². The van der Waals surface area contributed by atoms with E-state index in [1.54, 1.807) is 18.2 Å². The van der Waals surface area contributed by atoms with Gasteiger partial charge in [0.2, 0.25) is 5.78 Å². The Kier molecular flexibility index (Phi) is 5.06. The van der Waals surface area contributed by atoms with Gasteiger partial charge in [0, 0.05) is 16.0 Å². The Labute approximate surface area is 194 Å². The monoisotopic (exact) mass is 459 g/mol. The first-order valence-electron chi connectivity index (χ1n) is 10.4. The van der Waals surface area contributed by atoms with Crippen LogP contribution in [0.25, 0.3) is 11.0 Å². The highest BCUT2D eigenvalue weighted by Crippen LogP contribution is 2.45. The van der Waals surface area contributed by atoms with Crippen molar-refractivity contribution in [1.29, 1.82) is 0 Å². The average Bonchev–Trinajstić information content (AvgIpc) is 3.54. The van der Waals surface area contributed by atoms with Crippen molar-refractivity contribution in [2.24, 2.45) is 0 Å². The molecule has 1 unspecified atom stereocenters. The van der Waals surface area contributed by atoms with Gasteiger partial charge in [0.25, 0.3) is 5.91 Å². The molecular formula is C26H21NO5S. The number of para-hydroxylation sites is 1. The van der Waals surface area contributed by atoms with Crippen molar-refractivity contribution >= 4 is 39.7 Å². The zero-order chi connectivity index (χ0) is 23.3. The summed E-state index contributed by atoms with van der Waals surface area (Å²) in [6, 6.07) is 15.7. The number of carbonyl (C=O) groups is 2. The molecular weight excluding hydrogens is 438 g/mol. The van der Waals surface area contributed by atoms with E-state index in [0.29, 0.717) is 22.4 Å². The number of rotatable bonds is 5. The highest BCUT2D eigenvalue weighted by molar-refractivity contribution is 7.10. The lowest BCUT2D eigenvalue weighted by Gasteiger charge is -2.27. The summed E-state index contributed by atoms with van der Waals surface area (Å²) in [6.07, 6.45) is 0. The van der Waals surface area contributed by atoms with Crippen LogP contribution in [0.5, 0.6) is 5.75 Å². The summed E-state index contributed by atoms with van der Waals surface area (Å²) in [5.41, 5.74) is 2.93. The third kappa shape index (κ3) is 3.32. The van der Waals surface area contributed by atoms with Crippen molar-refractivity contribution in [2.75, 3.05) is 12.0 Å². The summed E-state index contributed by atoms with van der Waals surface area (Å²) in [5, 5.41) is 13.5. The maximum atomic E-state index is 13.7. The lowest BCUT2D eigenvalue weighted by atomic mass is 9.99. The van der Waals surface area contributed by atoms with Gasteiger partial charge in [0.15, 0.2) is 22.9 Å². The van der Waals surface area contributed by atoms with E-state index in [1.165, 1.54) is 23.3 Å². The van der Waals surface area contributed by atoms with E-state index in [0.717, 1.165) is 16.0 Å². The van der Waals surface area contributed by atoms with Crippen molar-refractivity contribution in [3.05, 3.63) is 93.1 Å². The molecule has 0 aliphatic carbocycles. The Hall–Kier alpha value is -3.84. The minimum atomic E-state index is -0.763. The lowest BCUT2D eigenvalue weighted by Crippen LogP contribution is -2.31. The molecule has 7 heteroatoms. The Morgan fingerprint density at radius 2 is 1.94 bits per heavy atom. The van der Waals surface area contributed by atoms with Crippen molar-refractivity contribution in [2.45, 2.75) is 19.9 Å². The number of Topliss-reactive ketones (excluding diaryl/α,β-unsaturated/α-hetero) is 1. The van der Waals surface area contributed by atoms with E-state index in [1.807, 2.05) is 55.6 Å². The number of benzene rings is 2. The molecule has 0 saturated heterocycles. The molecule has 0 fully saturated rings. The molecule has 2 aromatic carbocycles. The number of thiophene rings is 1. The normalized spacial score (nSPS) is 16.2. The smallest absolute Gasteiger partial charge is 0.294 e. The second kappa shape index (κ2) is 7.94. The van der Waals surface area contributed by atoms with Gasteiger partial charge in [-0.15, -0.1) is 11.3 Å². The number of furan rings is 1. The predicted molar refractivity (Wildman–Crippen MR) is 127 cm³/mol. The minimum Gasteiger partial charge on any atom is -0.503 e. The van der Waals surface area contributed by atoms with E-state index in [4.69, 9.17) is 9.15 Å². The minimum absolute atomic E-state index is 0.00128. The summed E-state index contributed by atoms with van der Waals surface area (Å²) in [6.45, 7) is 3.83. The fraction of sp³-hybridized carbons (Fsp3) is 0.154. The quantitative estimate of drug-likeness (QED) is 0.376. The van der Waals surface area contributed by atoms with Gasteiger partial charge in [0.05, 0.1) is 12.7 Å². The van der Waals surface area contributed by atoms with Crippen molar-refractivity contribution < 1.29 is 23.8 Å². The number of aryl methyl sites for hydroxylation is 2. The second-order valence-electron chi connectivity index (χ2n) is 7.96. The van der Waals surface area contributed by atoms with Crippen molar-refractivity contribution in [1.82, 2.24) is 0 Å². The zero-order valence-corrected chi connectivity index (χ0v) is 19.1. The summed E-state index contributed by atoms with van der Waals surface area (Å²) in [4.78, 5) is 29.3. The lowest BCUT2D eigenvalue weighted by molar-refractivity contribution is -0.117. The molecule has 0 saturated carbocycles. The number of carbonyl (C=O) groups excluding carboxylic acids is 2. The van der Waals surface area contributed by atoms with Crippen LogP contribution in [0, 0.1) is 13.8 Å². The number of aliphatic hydroxyl groups is 1. The highest BCUT2D eigenvalue weighted by atomic mass is 32.1. The van der Waals surface area contributed by atoms with Crippen LogP contribution in [0.3, 0.4) is 0 Å². The van der Waals surface area contributed by atoms with Crippen LogP contribution in [-0.2, 0) is 4.79 Å². The zero-order valence-electron chi connectivity index (χ0n) is 18.3. The molecule has 5 rings (SSSR count). The number of anilines is 1. The van der Waals surface area contributed by atoms with Crippen LogP contribution in [0.15, 0.2) is 75.7 Å².